The average molecular weight is 310 g/mol. The summed E-state index contributed by atoms with van der Waals surface area (Å²) in [6, 6.07) is 7.63. The predicted molar refractivity (Wildman–Crippen MR) is 91.5 cm³/mol. The molecule has 0 saturated heterocycles. The van der Waals surface area contributed by atoms with Crippen LogP contribution in [0.25, 0.3) is 6.08 Å². The zero-order valence-electron chi connectivity index (χ0n) is 13.6. The summed E-state index contributed by atoms with van der Waals surface area (Å²) in [6.07, 6.45) is 10.4. The molecule has 0 spiro atoms. The third-order valence-corrected chi connectivity index (χ3v) is 3.33. The Morgan fingerprint density at radius 2 is 1.83 bits per heavy atom. The Labute approximate surface area is 137 Å². The van der Waals surface area contributed by atoms with Crippen molar-refractivity contribution in [3.8, 4) is 0 Å². The van der Waals surface area contributed by atoms with Crippen LogP contribution in [0.5, 0.6) is 0 Å². The lowest BCUT2D eigenvalue weighted by molar-refractivity contribution is -0.126. The van der Waals surface area contributed by atoms with Crippen molar-refractivity contribution >= 4 is 12.0 Å². The van der Waals surface area contributed by atoms with Gasteiger partial charge in [-0.1, -0.05) is 12.1 Å². The van der Waals surface area contributed by atoms with E-state index in [0.717, 1.165) is 17.7 Å². The highest BCUT2D eigenvalue weighted by Crippen LogP contribution is 2.06. The van der Waals surface area contributed by atoms with E-state index < -0.39 is 0 Å². The number of pyridine rings is 2. The highest BCUT2D eigenvalue weighted by molar-refractivity contribution is 5.91. The van der Waals surface area contributed by atoms with E-state index in [-0.39, 0.29) is 5.91 Å². The summed E-state index contributed by atoms with van der Waals surface area (Å²) in [7, 11) is 4.00. The molecule has 1 amide bonds. The summed E-state index contributed by atoms with van der Waals surface area (Å²) in [6.45, 7) is 2.03. The number of carbonyl (C=O) groups is 1. The number of likely N-dealkylation sites (N-methyl/N-ethyl adjacent to an activating group) is 1. The van der Waals surface area contributed by atoms with E-state index in [9.17, 15) is 4.79 Å². The summed E-state index contributed by atoms with van der Waals surface area (Å²) in [5.41, 5.74) is 1.93. The lowest BCUT2D eigenvalue weighted by atomic mass is 10.2. The van der Waals surface area contributed by atoms with E-state index in [1.807, 2.05) is 43.3 Å². The van der Waals surface area contributed by atoms with Crippen LogP contribution >= 0.6 is 0 Å². The van der Waals surface area contributed by atoms with Gasteiger partial charge in [0, 0.05) is 50.5 Å². The Hall–Kier alpha value is -2.53. The van der Waals surface area contributed by atoms with Gasteiger partial charge in [-0.2, -0.15) is 0 Å². The van der Waals surface area contributed by atoms with Gasteiger partial charge in [-0.3, -0.25) is 14.8 Å². The van der Waals surface area contributed by atoms with E-state index in [1.54, 1.807) is 36.9 Å². The van der Waals surface area contributed by atoms with Gasteiger partial charge in [-0.25, -0.2) is 0 Å². The first-order chi connectivity index (χ1) is 11.1. The fraction of sp³-hybridized carbons (Fsp3) is 0.278. The monoisotopic (exact) mass is 310 g/mol. The molecule has 5 nitrogen and oxygen atoms in total. The fourth-order valence-corrected chi connectivity index (χ4v) is 2.05. The van der Waals surface area contributed by atoms with Crippen molar-refractivity contribution in [2.24, 2.45) is 0 Å². The number of aromatic nitrogens is 2. The van der Waals surface area contributed by atoms with Crippen LogP contribution in [-0.2, 0) is 11.3 Å². The minimum atomic E-state index is -0.0143. The van der Waals surface area contributed by atoms with Crippen molar-refractivity contribution < 1.29 is 4.79 Å². The molecule has 0 saturated carbocycles. The third-order valence-electron chi connectivity index (χ3n) is 3.33. The van der Waals surface area contributed by atoms with Gasteiger partial charge in [0.2, 0.25) is 5.91 Å². The molecule has 2 rings (SSSR count). The highest BCUT2D eigenvalue weighted by atomic mass is 16.2. The van der Waals surface area contributed by atoms with Crippen LogP contribution in [0.2, 0.25) is 0 Å². The highest BCUT2D eigenvalue weighted by Gasteiger charge is 2.11. The molecule has 5 heteroatoms. The van der Waals surface area contributed by atoms with E-state index >= 15 is 0 Å². The molecule has 2 aromatic heterocycles. The molecule has 0 N–H and O–H groups in total. The molecule has 0 atom stereocenters. The van der Waals surface area contributed by atoms with Crippen molar-refractivity contribution in [2.75, 3.05) is 27.2 Å². The number of nitrogens with zero attached hydrogens (tertiary/aromatic N) is 4. The van der Waals surface area contributed by atoms with Crippen LogP contribution in [0.3, 0.4) is 0 Å². The number of rotatable bonds is 7. The summed E-state index contributed by atoms with van der Waals surface area (Å²) >= 11 is 0. The molecule has 0 fully saturated rings. The second kappa shape index (κ2) is 8.80. The Morgan fingerprint density at radius 1 is 1.09 bits per heavy atom. The van der Waals surface area contributed by atoms with Crippen LogP contribution in [0, 0.1) is 0 Å². The smallest absolute Gasteiger partial charge is 0.246 e. The topological polar surface area (TPSA) is 49.3 Å². The zero-order valence-corrected chi connectivity index (χ0v) is 13.6. The summed E-state index contributed by atoms with van der Waals surface area (Å²) in [5.74, 6) is -0.0143. The molecule has 0 aliphatic rings. The van der Waals surface area contributed by atoms with Gasteiger partial charge in [0.05, 0.1) is 0 Å². The van der Waals surface area contributed by atoms with Crippen molar-refractivity contribution in [3.05, 3.63) is 66.3 Å². The molecule has 2 heterocycles. The van der Waals surface area contributed by atoms with Crippen molar-refractivity contribution in [2.45, 2.75) is 6.54 Å². The molecule has 23 heavy (non-hydrogen) atoms. The quantitative estimate of drug-likeness (QED) is 0.735. The SMILES string of the molecule is CN(C)CCN(Cc1cccnc1)C(=O)/C=C\c1cccnc1. The number of carbonyl (C=O) groups excluding carboxylic acids is 1. The van der Waals surface area contributed by atoms with Crippen LogP contribution in [0.1, 0.15) is 11.1 Å². The summed E-state index contributed by atoms with van der Waals surface area (Å²) < 4.78 is 0. The first-order valence-corrected chi connectivity index (χ1v) is 7.56. The molecule has 0 unspecified atom stereocenters. The van der Waals surface area contributed by atoms with Gasteiger partial charge in [-0.15, -0.1) is 0 Å². The van der Waals surface area contributed by atoms with E-state index in [4.69, 9.17) is 0 Å². The van der Waals surface area contributed by atoms with Gasteiger partial charge in [0.25, 0.3) is 0 Å². The zero-order chi connectivity index (χ0) is 16.5. The van der Waals surface area contributed by atoms with Crippen LogP contribution in [0.15, 0.2) is 55.1 Å². The molecule has 2 aromatic rings. The maximum Gasteiger partial charge on any atom is 0.246 e. The molecule has 0 aliphatic heterocycles. The summed E-state index contributed by atoms with van der Waals surface area (Å²) in [4.78, 5) is 24.6. The number of amides is 1. The predicted octanol–water partition coefficient (Wildman–Crippen LogP) is 2.08. The lowest BCUT2D eigenvalue weighted by Crippen LogP contribution is -2.35. The molecular weight excluding hydrogens is 288 g/mol. The molecule has 120 valence electrons. The van der Waals surface area contributed by atoms with Gasteiger partial charge >= 0.3 is 0 Å². The van der Waals surface area contributed by atoms with E-state index in [0.29, 0.717) is 13.1 Å². The van der Waals surface area contributed by atoms with Gasteiger partial charge in [0.1, 0.15) is 0 Å². The van der Waals surface area contributed by atoms with Crippen molar-refractivity contribution in [3.63, 3.8) is 0 Å². The minimum Gasteiger partial charge on any atom is -0.333 e. The minimum absolute atomic E-state index is 0.0143. The summed E-state index contributed by atoms with van der Waals surface area (Å²) in [5, 5.41) is 0. The van der Waals surface area contributed by atoms with Crippen LogP contribution in [-0.4, -0.2) is 52.9 Å². The first kappa shape index (κ1) is 16.8. The van der Waals surface area contributed by atoms with Crippen LogP contribution in [0.4, 0.5) is 0 Å². The van der Waals surface area contributed by atoms with Crippen molar-refractivity contribution in [1.82, 2.24) is 19.8 Å². The number of hydrogen-bond donors (Lipinski definition) is 0. The van der Waals surface area contributed by atoms with Crippen molar-refractivity contribution in [1.29, 1.82) is 0 Å². The largest absolute Gasteiger partial charge is 0.333 e. The third kappa shape index (κ3) is 6.00. The molecule has 0 radical (unpaired) electrons. The maximum atomic E-state index is 12.5. The van der Waals surface area contributed by atoms with Crippen LogP contribution < -0.4 is 0 Å². The van der Waals surface area contributed by atoms with E-state index in [2.05, 4.69) is 14.9 Å². The molecule has 0 aromatic carbocycles. The fourth-order valence-electron chi connectivity index (χ4n) is 2.05. The number of hydrogen-bond acceptors (Lipinski definition) is 4. The Kier molecular flexibility index (Phi) is 6.44. The van der Waals surface area contributed by atoms with Gasteiger partial charge in [-0.05, 0) is 43.4 Å². The van der Waals surface area contributed by atoms with E-state index in [1.165, 1.54) is 0 Å². The lowest BCUT2D eigenvalue weighted by Gasteiger charge is -2.23. The molecule has 0 bridgehead atoms. The standard InChI is InChI=1S/C18H22N4O/c1-21(2)11-12-22(15-17-6-4-10-20-14-17)18(23)8-7-16-5-3-9-19-13-16/h3-10,13-14H,11-12,15H2,1-2H3/b8-7-. The molecular formula is C18H22N4O. The Balaban J connectivity index is 2.05. The normalized spacial score (nSPS) is 11.1. The average Bonchev–Trinajstić information content (AvgIpc) is 2.58. The second-order valence-electron chi connectivity index (χ2n) is 5.54. The Bertz CT molecular complexity index is 626. The first-order valence-electron chi connectivity index (χ1n) is 7.56. The molecule has 0 aliphatic carbocycles. The van der Waals surface area contributed by atoms with Gasteiger partial charge in [0.15, 0.2) is 0 Å². The maximum absolute atomic E-state index is 12.5. The Morgan fingerprint density at radius 3 is 2.43 bits per heavy atom. The van der Waals surface area contributed by atoms with Gasteiger partial charge < -0.3 is 9.80 Å². The second-order valence-corrected chi connectivity index (χ2v) is 5.54.